The maximum Gasteiger partial charge on any atom is 0.229 e. The SMILES string of the molecule is CC1(C)OC2[C@@H](O[C@@H]([C@H](O)CO)[C@]2(O)O[C@@H]2OC(CO)[C@H](O)[C@H](OCc3ccccc3)C2OCc2ccccc2)O1. The van der Waals surface area contributed by atoms with Crippen molar-refractivity contribution in [3.05, 3.63) is 71.8 Å². The van der Waals surface area contributed by atoms with Crippen molar-refractivity contribution < 1.29 is 58.7 Å². The van der Waals surface area contributed by atoms with Crippen molar-refractivity contribution in [2.75, 3.05) is 13.2 Å². The molecule has 5 rings (SSSR count). The average Bonchev–Trinajstić information content (AvgIpc) is 3.42. The van der Waals surface area contributed by atoms with Gasteiger partial charge in [-0.1, -0.05) is 60.7 Å². The minimum atomic E-state index is -2.40. The van der Waals surface area contributed by atoms with Crippen LogP contribution in [0.3, 0.4) is 0 Å². The fourth-order valence-corrected chi connectivity index (χ4v) is 5.33. The quantitative estimate of drug-likeness (QED) is 0.230. The molecule has 3 aliphatic heterocycles. The summed E-state index contributed by atoms with van der Waals surface area (Å²) in [6, 6.07) is 18.6. The monoisotopic (exact) mass is 578 g/mol. The summed E-state index contributed by atoms with van der Waals surface area (Å²) in [4.78, 5) is 0. The van der Waals surface area contributed by atoms with Crippen LogP contribution in [0.25, 0.3) is 0 Å². The zero-order valence-corrected chi connectivity index (χ0v) is 22.9. The number of aliphatic hydroxyl groups excluding tert-OH is 4. The number of hydrogen-bond donors (Lipinski definition) is 5. The Kier molecular flexibility index (Phi) is 9.40. The Balaban J connectivity index is 1.46. The molecule has 0 amide bonds. The van der Waals surface area contributed by atoms with Gasteiger partial charge >= 0.3 is 0 Å². The summed E-state index contributed by atoms with van der Waals surface area (Å²) < 4.78 is 41.8. The molecule has 3 aliphatic rings. The Hall–Kier alpha value is -2.04. The highest BCUT2D eigenvalue weighted by Crippen LogP contribution is 2.46. The Morgan fingerprint density at radius 2 is 1.44 bits per heavy atom. The molecule has 2 aromatic rings. The van der Waals surface area contributed by atoms with Crippen molar-refractivity contribution in [3.8, 4) is 0 Å². The van der Waals surface area contributed by atoms with Gasteiger partial charge in [0.05, 0.1) is 26.4 Å². The third-order valence-corrected chi connectivity index (χ3v) is 7.36. The van der Waals surface area contributed by atoms with Gasteiger partial charge in [0.15, 0.2) is 24.5 Å². The second-order valence-corrected chi connectivity index (χ2v) is 10.8. The highest BCUT2D eigenvalue weighted by Gasteiger charge is 2.67. The number of ether oxygens (including phenoxy) is 7. The number of aliphatic hydroxyl groups is 5. The summed E-state index contributed by atoms with van der Waals surface area (Å²) in [6.45, 7) is 2.09. The zero-order valence-electron chi connectivity index (χ0n) is 22.9. The molecule has 3 fully saturated rings. The van der Waals surface area contributed by atoms with Gasteiger partial charge in [-0.2, -0.15) is 0 Å². The number of fused-ring (bicyclic) bond motifs is 1. The molecule has 41 heavy (non-hydrogen) atoms. The summed E-state index contributed by atoms with van der Waals surface area (Å²) in [5.41, 5.74) is 1.65. The summed E-state index contributed by atoms with van der Waals surface area (Å²) in [7, 11) is 0. The van der Waals surface area contributed by atoms with E-state index in [1.807, 2.05) is 60.7 Å². The van der Waals surface area contributed by atoms with Gasteiger partial charge in [0.25, 0.3) is 0 Å². The van der Waals surface area contributed by atoms with Crippen LogP contribution in [0.5, 0.6) is 0 Å². The average molecular weight is 579 g/mol. The Morgan fingerprint density at radius 3 is 2.00 bits per heavy atom. The Bertz CT molecular complexity index is 1100. The normalized spacial score (nSPS) is 37.1. The lowest BCUT2D eigenvalue weighted by molar-refractivity contribution is -0.399. The van der Waals surface area contributed by atoms with Crippen LogP contribution in [0.4, 0.5) is 0 Å². The number of benzene rings is 2. The zero-order chi connectivity index (χ0) is 29.2. The van der Waals surface area contributed by atoms with E-state index >= 15 is 0 Å². The number of rotatable bonds is 11. The topological polar surface area (TPSA) is 166 Å². The first kappa shape index (κ1) is 30.4. The van der Waals surface area contributed by atoms with Gasteiger partial charge in [0.1, 0.15) is 36.6 Å². The fourth-order valence-electron chi connectivity index (χ4n) is 5.33. The van der Waals surface area contributed by atoms with Gasteiger partial charge in [-0.3, -0.25) is 0 Å². The maximum atomic E-state index is 11.9. The molecule has 3 unspecified atom stereocenters. The first-order valence-electron chi connectivity index (χ1n) is 13.6. The van der Waals surface area contributed by atoms with Crippen molar-refractivity contribution in [1.82, 2.24) is 0 Å². The summed E-state index contributed by atoms with van der Waals surface area (Å²) >= 11 is 0. The number of hydrogen-bond acceptors (Lipinski definition) is 12. The summed E-state index contributed by atoms with van der Waals surface area (Å²) in [6.07, 6.45) is -11.6. The second kappa shape index (κ2) is 12.7. The van der Waals surface area contributed by atoms with Crippen LogP contribution in [0, 0.1) is 0 Å². The molecular formula is C29H38O12. The van der Waals surface area contributed by atoms with Crippen LogP contribution < -0.4 is 0 Å². The molecular weight excluding hydrogens is 540 g/mol. The van der Waals surface area contributed by atoms with E-state index in [4.69, 9.17) is 33.2 Å². The van der Waals surface area contributed by atoms with Gasteiger partial charge in [-0.25, -0.2) is 0 Å². The third-order valence-electron chi connectivity index (χ3n) is 7.36. The lowest BCUT2D eigenvalue weighted by atomic mass is 9.97. The van der Waals surface area contributed by atoms with Crippen molar-refractivity contribution in [2.24, 2.45) is 0 Å². The van der Waals surface area contributed by atoms with E-state index in [0.29, 0.717) is 0 Å². The first-order valence-corrected chi connectivity index (χ1v) is 13.6. The lowest BCUT2D eigenvalue weighted by Gasteiger charge is -2.46. The van der Waals surface area contributed by atoms with Crippen LogP contribution in [0.15, 0.2) is 60.7 Å². The van der Waals surface area contributed by atoms with Crippen LogP contribution in [0.2, 0.25) is 0 Å². The molecule has 3 saturated heterocycles. The van der Waals surface area contributed by atoms with E-state index < -0.39 is 80.1 Å². The highest BCUT2D eigenvalue weighted by molar-refractivity contribution is 5.15. The molecule has 5 N–H and O–H groups in total. The van der Waals surface area contributed by atoms with Gasteiger partial charge in [0.2, 0.25) is 5.79 Å². The van der Waals surface area contributed by atoms with Gasteiger partial charge in [-0.05, 0) is 25.0 Å². The molecule has 0 saturated carbocycles. The van der Waals surface area contributed by atoms with E-state index in [1.165, 1.54) is 0 Å². The van der Waals surface area contributed by atoms with Crippen molar-refractivity contribution in [3.63, 3.8) is 0 Å². The van der Waals surface area contributed by atoms with Crippen molar-refractivity contribution in [2.45, 2.75) is 93.9 Å². The van der Waals surface area contributed by atoms with E-state index in [2.05, 4.69) is 0 Å². The summed E-state index contributed by atoms with van der Waals surface area (Å²) in [5, 5.41) is 53.3. The molecule has 3 heterocycles. The fraction of sp³-hybridized carbons (Fsp3) is 0.586. The molecule has 2 aromatic carbocycles. The van der Waals surface area contributed by atoms with E-state index in [1.54, 1.807) is 13.8 Å². The molecule has 0 bridgehead atoms. The molecule has 12 nitrogen and oxygen atoms in total. The van der Waals surface area contributed by atoms with Crippen molar-refractivity contribution >= 4 is 0 Å². The molecule has 10 atom stereocenters. The standard InChI is InChI=1S/C29H38O12/c1-28(2)39-25-27(40-28)38-24(19(32)13-30)29(25,34)41-26-23(36-16-18-11-7-4-8-12-18)22(21(33)20(14-31)37-26)35-15-17-9-5-3-6-10-17/h3-12,19-27,30-34H,13-16H2,1-2H3/t19-,20?,21+,22+,23?,24+,25?,26+,27+,29+/m1/s1. The first-order chi connectivity index (χ1) is 19.6. The minimum Gasteiger partial charge on any atom is -0.394 e. The molecule has 226 valence electrons. The molecule has 0 radical (unpaired) electrons. The Labute approximate surface area is 237 Å². The van der Waals surface area contributed by atoms with Crippen molar-refractivity contribution in [1.29, 1.82) is 0 Å². The highest BCUT2D eigenvalue weighted by atomic mass is 16.9. The van der Waals surface area contributed by atoms with Crippen LogP contribution >= 0.6 is 0 Å². The predicted molar refractivity (Wildman–Crippen MR) is 140 cm³/mol. The maximum absolute atomic E-state index is 11.9. The van der Waals surface area contributed by atoms with Gasteiger partial charge < -0.3 is 58.7 Å². The predicted octanol–water partition coefficient (Wildman–Crippen LogP) is 0.170. The van der Waals surface area contributed by atoms with Gasteiger partial charge in [0, 0.05) is 0 Å². The second-order valence-electron chi connectivity index (χ2n) is 10.8. The third kappa shape index (κ3) is 6.49. The van der Waals surface area contributed by atoms with Crippen LogP contribution in [-0.2, 0) is 46.4 Å². The van der Waals surface area contributed by atoms with Gasteiger partial charge in [-0.15, -0.1) is 0 Å². The Morgan fingerprint density at radius 1 is 0.854 bits per heavy atom. The molecule has 0 spiro atoms. The summed E-state index contributed by atoms with van der Waals surface area (Å²) in [5.74, 6) is -3.55. The van der Waals surface area contributed by atoms with Crippen LogP contribution in [0.1, 0.15) is 25.0 Å². The lowest BCUT2D eigenvalue weighted by Crippen LogP contribution is -2.65. The molecule has 12 heteroatoms. The van der Waals surface area contributed by atoms with E-state index in [9.17, 15) is 25.5 Å². The molecule has 0 aromatic heterocycles. The van der Waals surface area contributed by atoms with E-state index in [-0.39, 0.29) is 13.2 Å². The smallest absolute Gasteiger partial charge is 0.229 e. The largest absolute Gasteiger partial charge is 0.394 e. The molecule has 0 aliphatic carbocycles. The van der Waals surface area contributed by atoms with E-state index in [0.717, 1.165) is 11.1 Å². The van der Waals surface area contributed by atoms with Crippen LogP contribution in [-0.4, -0.2) is 106 Å². The minimum absolute atomic E-state index is 0.0761.